The molecule has 2 aliphatic rings. The monoisotopic (exact) mass is 402 g/mol. The van der Waals surface area contributed by atoms with Crippen LogP contribution in [-0.2, 0) is 13.0 Å². The van der Waals surface area contributed by atoms with Crippen LogP contribution in [0.2, 0.25) is 0 Å². The molecule has 3 N–H and O–H groups in total. The highest BCUT2D eigenvalue weighted by atomic mass is 32.1. The summed E-state index contributed by atoms with van der Waals surface area (Å²) in [5.74, 6) is 1.39. The molecule has 7 heteroatoms. The van der Waals surface area contributed by atoms with Crippen molar-refractivity contribution in [3.63, 3.8) is 0 Å². The predicted molar refractivity (Wildman–Crippen MR) is 111 cm³/mol. The highest BCUT2D eigenvalue weighted by Crippen LogP contribution is 2.40. The maximum Gasteiger partial charge on any atom is 0.256 e. The van der Waals surface area contributed by atoms with Gasteiger partial charge in [0, 0.05) is 6.42 Å². The van der Waals surface area contributed by atoms with Gasteiger partial charge in [0.1, 0.15) is 17.7 Å². The molecule has 6 nitrogen and oxygen atoms in total. The summed E-state index contributed by atoms with van der Waals surface area (Å²) in [6, 6.07) is 6.37. The number of nitrogens with one attached hydrogen (secondary N) is 3. The lowest BCUT2D eigenvalue weighted by Gasteiger charge is -2.29. The molecule has 0 saturated carbocycles. The van der Waals surface area contributed by atoms with E-state index in [1.165, 1.54) is 10.4 Å². The number of benzene rings is 1. The molecule has 4 rings (SSSR count). The Morgan fingerprint density at radius 2 is 2.11 bits per heavy atom. The molecule has 2 aromatic rings. The molecule has 0 aliphatic carbocycles. The molecule has 3 heterocycles. The maximum atomic E-state index is 12.9. The third kappa shape index (κ3) is 3.33. The Bertz CT molecular complexity index is 893. The van der Waals surface area contributed by atoms with Crippen LogP contribution in [0.15, 0.2) is 18.2 Å². The van der Waals surface area contributed by atoms with Gasteiger partial charge < -0.3 is 25.0 Å². The fraction of sp³-hybridized carbons (Fsp3) is 0.476. The second-order valence-electron chi connectivity index (χ2n) is 7.59. The third-order valence-corrected chi connectivity index (χ3v) is 6.75. The number of quaternary nitrogens is 1. The van der Waals surface area contributed by atoms with Crippen molar-refractivity contribution in [1.82, 2.24) is 5.32 Å². The SMILES string of the molecule is CCOc1cc([C@@H]2NC(=O)c3c(sc4c3CC[NH+](C(C)C)C4)N2)ccc1OC. The Morgan fingerprint density at radius 1 is 1.29 bits per heavy atom. The summed E-state index contributed by atoms with van der Waals surface area (Å²) in [5.41, 5.74) is 3.03. The number of amides is 1. The summed E-state index contributed by atoms with van der Waals surface area (Å²) in [4.78, 5) is 15.9. The van der Waals surface area contributed by atoms with Crippen LogP contribution in [0.4, 0.5) is 5.00 Å². The molecular weight excluding hydrogens is 374 g/mol. The number of carbonyl (C=O) groups is 1. The first-order valence-electron chi connectivity index (χ1n) is 9.89. The number of anilines is 1. The molecule has 28 heavy (non-hydrogen) atoms. The maximum absolute atomic E-state index is 12.9. The van der Waals surface area contributed by atoms with Crippen LogP contribution in [0.5, 0.6) is 11.5 Å². The zero-order valence-corrected chi connectivity index (χ0v) is 17.7. The topological polar surface area (TPSA) is 64.0 Å². The number of hydrogen-bond acceptors (Lipinski definition) is 5. The van der Waals surface area contributed by atoms with E-state index >= 15 is 0 Å². The second kappa shape index (κ2) is 7.64. The minimum atomic E-state index is -0.279. The van der Waals surface area contributed by atoms with E-state index in [4.69, 9.17) is 9.47 Å². The molecule has 2 atom stereocenters. The van der Waals surface area contributed by atoms with Crippen LogP contribution in [0, 0.1) is 0 Å². The van der Waals surface area contributed by atoms with Gasteiger partial charge in [-0.05, 0) is 44.0 Å². The molecule has 150 valence electrons. The number of carbonyl (C=O) groups excluding carboxylic acids is 1. The Morgan fingerprint density at radius 3 is 2.82 bits per heavy atom. The fourth-order valence-corrected chi connectivity index (χ4v) is 5.34. The first kappa shape index (κ1) is 19.1. The van der Waals surface area contributed by atoms with E-state index in [1.54, 1.807) is 23.3 Å². The Labute approximate surface area is 169 Å². The lowest BCUT2D eigenvalue weighted by Crippen LogP contribution is -3.14. The Hall–Kier alpha value is -2.25. The van der Waals surface area contributed by atoms with Crippen LogP contribution in [0.25, 0.3) is 0 Å². The normalized spacial score (nSPS) is 20.8. The van der Waals surface area contributed by atoms with Gasteiger partial charge in [0.25, 0.3) is 5.91 Å². The van der Waals surface area contributed by atoms with Crippen LogP contribution in [0.3, 0.4) is 0 Å². The highest BCUT2D eigenvalue weighted by molar-refractivity contribution is 7.16. The van der Waals surface area contributed by atoms with Gasteiger partial charge in [-0.15, -0.1) is 11.3 Å². The van der Waals surface area contributed by atoms with Crippen molar-refractivity contribution in [2.75, 3.05) is 25.6 Å². The quantitative estimate of drug-likeness (QED) is 0.719. The molecule has 0 spiro atoms. The van der Waals surface area contributed by atoms with Crippen molar-refractivity contribution in [3.05, 3.63) is 39.8 Å². The average Bonchev–Trinajstić information content (AvgIpc) is 3.06. The van der Waals surface area contributed by atoms with Crippen molar-refractivity contribution < 1.29 is 19.2 Å². The van der Waals surface area contributed by atoms with Crippen molar-refractivity contribution >= 4 is 22.2 Å². The molecule has 2 aliphatic heterocycles. The Balaban J connectivity index is 1.63. The molecular formula is C21H28N3O3S+. The number of thiophene rings is 1. The lowest BCUT2D eigenvalue weighted by atomic mass is 9.99. The smallest absolute Gasteiger partial charge is 0.256 e. The summed E-state index contributed by atoms with van der Waals surface area (Å²) in [7, 11) is 1.63. The summed E-state index contributed by atoms with van der Waals surface area (Å²) in [6.07, 6.45) is 0.685. The van der Waals surface area contributed by atoms with Gasteiger partial charge >= 0.3 is 0 Å². The minimum Gasteiger partial charge on any atom is -0.493 e. The van der Waals surface area contributed by atoms with E-state index in [1.807, 2.05) is 25.1 Å². The summed E-state index contributed by atoms with van der Waals surface area (Å²) in [5, 5.41) is 7.64. The van der Waals surface area contributed by atoms with Crippen LogP contribution >= 0.6 is 11.3 Å². The largest absolute Gasteiger partial charge is 0.493 e. The third-order valence-electron chi connectivity index (χ3n) is 5.59. The molecule has 0 fully saturated rings. The molecule has 1 aromatic heterocycles. The van der Waals surface area contributed by atoms with Gasteiger partial charge in [-0.3, -0.25) is 4.79 Å². The minimum absolute atomic E-state index is 0.0121. The van der Waals surface area contributed by atoms with Crippen molar-refractivity contribution in [2.45, 2.75) is 45.9 Å². The Kier molecular flexibility index (Phi) is 5.21. The molecule has 0 bridgehead atoms. The van der Waals surface area contributed by atoms with E-state index in [9.17, 15) is 4.79 Å². The number of hydrogen-bond donors (Lipinski definition) is 3. The van der Waals surface area contributed by atoms with Gasteiger partial charge in [0.05, 0.1) is 36.7 Å². The summed E-state index contributed by atoms with van der Waals surface area (Å²) < 4.78 is 11.1. The zero-order valence-electron chi connectivity index (χ0n) is 16.8. The summed E-state index contributed by atoms with van der Waals surface area (Å²) >= 11 is 1.73. The van der Waals surface area contributed by atoms with Crippen LogP contribution in [0.1, 0.15) is 53.3 Å². The van der Waals surface area contributed by atoms with Gasteiger partial charge in [-0.25, -0.2) is 0 Å². The molecule has 1 amide bonds. The molecule has 1 unspecified atom stereocenters. The standard InChI is InChI=1S/C21H27N3O3S/c1-5-27-16-10-13(6-7-15(16)26-4)19-22-20(25)18-14-8-9-24(12(2)3)11-17(14)28-21(18)23-19/h6-7,10,12,19,23H,5,8-9,11H2,1-4H3,(H,22,25)/p+1/t19-/m1/s1. The molecule has 0 radical (unpaired) electrons. The van der Waals surface area contributed by atoms with Gasteiger partial charge in [-0.1, -0.05) is 6.07 Å². The van der Waals surface area contributed by atoms with E-state index in [2.05, 4.69) is 24.5 Å². The van der Waals surface area contributed by atoms with Gasteiger partial charge in [0.15, 0.2) is 11.5 Å². The number of ether oxygens (including phenoxy) is 2. The molecule has 0 saturated heterocycles. The first-order chi connectivity index (χ1) is 13.5. The summed E-state index contributed by atoms with van der Waals surface area (Å²) in [6.45, 7) is 9.10. The fourth-order valence-electron chi connectivity index (χ4n) is 4.01. The van der Waals surface area contributed by atoms with Crippen LogP contribution in [-0.4, -0.2) is 32.2 Å². The molecule has 1 aromatic carbocycles. The van der Waals surface area contributed by atoms with Gasteiger partial charge in [-0.2, -0.15) is 0 Å². The average molecular weight is 403 g/mol. The lowest BCUT2D eigenvalue weighted by molar-refractivity contribution is -0.936. The zero-order chi connectivity index (χ0) is 19.8. The van der Waals surface area contributed by atoms with Crippen molar-refractivity contribution in [3.8, 4) is 11.5 Å². The van der Waals surface area contributed by atoms with E-state index in [0.717, 1.165) is 35.6 Å². The van der Waals surface area contributed by atoms with E-state index in [-0.39, 0.29) is 12.1 Å². The second-order valence-corrected chi connectivity index (χ2v) is 8.70. The number of methoxy groups -OCH3 is 1. The van der Waals surface area contributed by atoms with E-state index < -0.39 is 0 Å². The highest BCUT2D eigenvalue weighted by Gasteiger charge is 2.35. The van der Waals surface area contributed by atoms with Crippen molar-refractivity contribution in [1.29, 1.82) is 0 Å². The predicted octanol–water partition coefficient (Wildman–Crippen LogP) is 2.36. The first-order valence-corrected chi connectivity index (χ1v) is 10.7. The van der Waals surface area contributed by atoms with E-state index in [0.29, 0.717) is 24.1 Å². The van der Waals surface area contributed by atoms with Crippen molar-refractivity contribution in [2.24, 2.45) is 0 Å². The van der Waals surface area contributed by atoms with Crippen LogP contribution < -0.4 is 25.0 Å². The van der Waals surface area contributed by atoms with Gasteiger partial charge in [0.2, 0.25) is 0 Å². The number of rotatable bonds is 5. The number of fused-ring (bicyclic) bond motifs is 3.